The minimum Gasteiger partial charge on any atom is -0.302 e. The van der Waals surface area contributed by atoms with E-state index in [1.807, 2.05) is 5.38 Å². The molecule has 1 amide bonds. The molecule has 1 aromatic rings. The van der Waals surface area contributed by atoms with Crippen molar-refractivity contribution in [1.82, 2.24) is 14.8 Å². The Hall–Kier alpha value is -0.980. The second kappa shape index (κ2) is 6.65. The second-order valence-corrected chi connectivity index (χ2v) is 6.52. The Morgan fingerprint density at radius 1 is 1.40 bits per heavy atom. The van der Waals surface area contributed by atoms with E-state index in [2.05, 4.69) is 20.1 Å². The summed E-state index contributed by atoms with van der Waals surface area (Å²) in [4.78, 5) is 21.0. The van der Waals surface area contributed by atoms with Crippen LogP contribution >= 0.6 is 11.3 Å². The van der Waals surface area contributed by atoms with Gasteiger partial charge in [-0.3, -0.25) is 14.6 Å². The number of carbonyl (C=O) groups excluding carboxylic acids is 1. The van der Waals surface area contributed by atoms with Gasteiger partial charge in [0.15, 0.2) is 5.13 Å². The first-order valence-electron chi connectivity index (χ1n) is 7.47. The summed E-state index contributed by atoms with van der Waals surface area (Å²) in [7, 11) is 0. The van der Waals surface area contributed by atoms with Crippen molar-refractivity contribution in [2.75, 3.05) is 38.0 Å². The summed E-state index contributed by atoms with van der Waals surface area (Å²) in [6, 6.07) is 0.722. The minimum absolute atomic E-state index is 0.0750. The summed E-state index contributed by atoms with van der Waals surface area (Å²) in [5.41, 5.74) is 0. The number of piperidine rings is 1. The standard InChI is InChI=1S/C14H22N4OS/c19-13(16-14-15-5-10-20-14)4-7-17-8-9-18-6-2-1-3-12(18)11-17/h5,10,12H,1-4,6-9,11H2,(H,15,16,19)/t12-/m1/s1. The molecule has 5 nitrogen and oxygen atoms in total. The number of amides is 1. The Labute approximate surface area is 124 Å². The van der Waals surface area contributed by atoms with Crippen molar-refractivity contribution >= 4 is 22.4 Å². The number of rotatable bonds is 4. The van der Waals surface area contributed by atoms with Gasteiger partial charge in [0, 0.05) is 50.2 Å². The highest BCUT2D eigenvalue weighted by atomic mass is 32.1. The molecular weight excluding hydrogens is 272 g/mol. The summed E-state index contributed by atoms with van der Waals surface area (Å²) in [6.45, 7) is 5.52. The maximum atomic E-state index is 11.9. The topological polar surface area (TPSA) is 48.5 Å². The van der Waals surface area contributed by atoms with Crippen molar-refractivity contribution in [2.24, 2.45) is 0 Å². The largest absolute Gasteiger partial charge is 0.302 e. The predicted octanol–water partition coefficient (Wildman–Crippen LogP) is 1.64. The zero-order valence-corrected chi connectivity index (χ0v) is 12.6. The number of carbonyl (C=O) groups is 1. The van der Waals surface area contributed by atoms with Gasteiger partial charge in [-0.05, 0) is 19.4 Å². The normalized spacial score (nSPS) is 24.3. The molecule has 0 bridgehead atoms. The van der Waals surface area contributed by atoms with E-state index in [9.17, 15) is 4.79 Å². The predicted molar refractivity (Wildman–Crippen MR) is 81.0 cm³/mol. The van der Waals surface area contributed by atoms with Gasteiger partial charge in [0.1, 0.15) is 0 Å². The number of aromatic nitrogens is 1. The number of fused-ring (bicyclic) bond motifs is 1. The zero-order valence-electron chi connectivity index (χ0n) is 11.8. The van der Waals surface area contributed by atoms with Crippen LogP contribution in [0, 0.1) is 0 Å². The fourth-order valence-corrected chi connectivity index (χ4v) is 3.70. The molecule has 0 aromatic carbocycles. The lowest BCUT2D eigenvalue weighted by Gasteiger charge is -2.44. The Bertz CT molecular complexity index is 436. The van der Waals surface area contributed by atoms with Crippen LogP contribution in [0.5, 0.6) is 0 Å². The lowest BCUT2D eigenvalue weighted by molar-refractivity contribution is -0.116. The molecule has 0 unspecified atom stereocenters. The third kappa shape index (κ3) is 3.56. The third-order valence-electron chi connectivity index (χ3n) is 4.26. The molecule has 0 radical (unpaired) electrons. The maximum Gasteiger partial charge on any atom is 0.227 e. The van der Waals surface area contributed by atoms with Crippen LogP contribution in [0.4, 0.5) is 5.13 Å². The highest BCUT2D eigenvalue weighted by molar-refractivity contribution is 7.13. The average molecular weight is 294 g/mol. The minimum atomic E-state index is 0.0750. The molecule has 2 aliphatic heterocycles. The second-order valence-electron chi connectivity index (χ2n) is 5.62. The van der Waals surface area contributed by atoms with Crippen molar-refractivity contribution in [3.05, 3.63) is 11.6 Å². The van der Waals surface area contributed by atoms with E-state index in [4.69, 9.17) is 0 Å². The molecule has 0 saturated carbocycles. The molecule has 6 heteroatoms. The van der Waals surface area contributed by atoms with E-state index in [-0.39, 0.29) is 5.91 Å². The molecule has 1 atom stereocenters. The molecule has 3 heterocycles. The van der Waals surface area contributed by atoms with Gasteiger partial charge in [-0.15, -0.1) is 11.3 Å². The Balaban J connectivity index is 1.41. The molecule has 0 spiro atoms. The fourth-order valence-electron chi connectivity index (χ4n) is 3.15. The molecule has 2 saturated heterocycles. The van der Waals surface area contributed by atoms with Crippen molar-refractivity contribution < 1.29 is 4.79 Å². The van der Waals surface area contributed by atoms with Gasteiger partial charge >= 0.3 is 0 Å². The number of thiazole rings is 1. The van der Waals surface area contributed by atoms with Crippen LogP contribution in [0.15, 0.2) is 11.6 Å². The molecule has 0 aliphatic carbocycles. The van der Waals surface area contributed by atoms with Crippen LogP contribution in [-0.4, -0.2) is 59.5 Å². The first-order chi connectivity index (χ1) is 9.81. The highest BCUT2D eigenvalue weighted by Gasteiger charge is 2.28. The van der Waals surface area contributed by atoms with Gasteiger partial charge in [-0.1, -0.05) is 6.42 Å². The van der Waals surface area contributed by atoms with Crippen molar-refractivity contribution in [1.29, 1.82) is 0 Å². The van der Waals surface area contributed by atoms with Crippen LogP contribution in [0.2, 0.25) is 0 Å². The number of nitrogens with one attached hydrogen (secondary N) is 1. The van der Waals surface area contributed by atoms with Gasteiger partial charge in [0.05, 0.1) is 0 Å². The Morgan fingerprint density at radius 3 is 3.20 bits per heavy atom. The lowest BCUT2D eigenvalue weighted by atomic mass is 9.99. The van der Waals surface area contributed by atoms with Crippen LogP contribution in [0.3, 0.4) is 0 Å². The molecule has 110 valence electrons. The molecule has 1 aromatic heterocycles. The highest BCUT2D eigenvalue weighted by Crippen LogP contribution is 2.21. The van der Waals surface area contributed by atoms with Gasteiger partial charge in [-0.25, -0.2) is 4.98 Å². The molecule has 3 rings (SSSR count). The summed E-state index contributed by atoms with van der Waals surface area (Å²) < 4.78 is 0. The van der Waals surface area contributed by atoms with E-state index in [0.29, 0.717) is 11.6 Å². The molecule has 20 heavy (non-hydrogen) atoms. The number of nitrogens with zero attached hydrogens (tertiary/aromatic N) is 3. The fraction of sp³-hybridized carbons (Fsp3) is 0.714. The number of anilines is 1. The lowest BCUT2D eigenvalue weighted by Crippen LogP contribution is -2.55. The van der Waals surface area contributed by atoms with Crippen LogP contribution in [0.1, 0.15) is 25.7 Å². The SMILES string of the molecule is O=C(CCN1CCN2CCCC[C@@H]2C1)Nc1nccs1. The molecule has 2 aliphatic rings. The van der Waals surface area contributed by atoms with E-state index < -0.39 is 0 Å². The van der Waals surface area contributed by atoms with Crippen LogP contribution in [-0.2, 0) is 4.79 Å². The summed E-state index contributed by atoms with van der Waals surface area (Å²) in [5, 5.41) is 5.42. The quantitative estimate of drug-likeness (QED) is 0.917. The first-order valence-corrected chi connectivity index (χ1v) is 8.35. The number of piperazine rings is 1. The Kier molecular flexibility index (Phi) is 4.65. The summed E-state index contributed by atoms with van der Waals surface area (Å²) in [5.74, 6) is 0.0750. The van der Waals surface area contributed by atoms with Gasteiger partial charge in [0.25, 0.3) is 0 Å². The van der Waals surface area contributed by atoms with Gasteiger partial charge in [-0.2, -0.15) is 0 Å². The zero-order chi connectivity index (χ0) is 13.8. The summed E-state index contributed by atoms with van der Waals surface area (Å²) in [6.07, 6.45) is 6.31. The van der Waals surface area contributed by atoms with E-state index >= 15 is 0 Å². The Morgan fingerprint density at radius 2 is 2.35 bits per heavy atom. The maximum absolute atomic E-state index is 11.9. The van der Waals surface area contributed by atoms with Crippen molar-refractivity contribution in [3.63, 3.8) is 0 Å². The van der Waals surface area contributed by atoms with Crippen LogP contribution in [0.25, 0.3) is 0 Å². The molecular formula is C14H22N4OS. The van der Waals surface area contributed by atoms with E-state index in [1.165, 1.54) is 43.7 Å². The smallest absolute Gasteiger partial charge is 0.227 e. The van der Waals surface area contributed by atoms with E-state index in [0.717, 1.165) is 25.7 Å². The number of hydrogen-bond donors (Lipinski definition) is 1. The van der Waals surface area contributed by atoms with Gasteiger partial charge < -0.3 is 5.32 Å². The monoisotopic (exact) mass is 294 g/mol. The third-order valence-corrected chi connectivity index (χ3v) is 4.94. The van der Waals surface area contributed by atoms with Crippen LogP contribution < -0.4 is 5.32 Å². The number of hydrogen-bond acceptors (Lipinski definition) is 5. The molecule has 2 fully saturated rings. The van der Waals surface area contributed by atoms with Crippen molar-refractivity contribution in [3.8, 4) is 0 Å². The van der Waals surface area contributed by atoms with Gasteiger partial charge in [0.2, 0.25) is 5.91 Å². The summed E-state index contributed by atoms with van der Waals surface area (Å²) >= 11 is 1.46. The van der Waals surface area contributed by atoms with E-state index in [1.54, 1.807) is 6.20 Å². The average Bonchev–Trinajstić information content (AvgIpc) is 2.98. The first kappa shape index (κ1) is 14.0. The molecule has 1 N–H and O–H groups in total. The van der Waals surface area contributed by atoms with Crippen molar-refractivity contribution in [2.45, 2.75) is 31.7 Å².